The van der Waals surface area contributed by atoms with E-state index in [1.165, 1.54) is 11.1 Å². The summed E-state index contributed by atoms with van der Waals surface area (Å²) in [5.74, 6) is 0.471. The van der Waals surface area contributed by atoms with Crippen LogP contribution in [0.2, 0.25) is 0 Å². The molecule has 0 saturated heterocycles. The molecule has 0 bridgehead atoms. The van der Waals surface area contributed by atoms with Gasteiger partial charge in [-0.1, -0.05) is 32.0 Å². The number of hydrogen-bond acceptors (Lipinski definition) is 2. The summed E-state index contributed by atoms with van der Waals surface area (Å²) in [5, 5.41) is 5.82. The second kappa shape index (κ2) is 3.91. The SMILES string of the molecule is CC(C)c1c2cccc(C(C)N)c2nn1C. The highest BCUT2D eigenvalue weighted by Crippen LogP contribution is 2.28. The van der Waals surface area contributed by atoms with Gasteiger partial charge in [-0.3, -0.25) is 4.68 Å². The van der Waals surface area contributed by atoms with Gasteiger partial charge in [0, 0.05) is 24.2 Å². The van der Waals surface area contributed by atoms with Gasteiger partial charge in [0.1, 0.15) is 0 Å². The fraction of sp³-hybridized carbons (Fsp3) is 0.462. The van der Waals surface area contributed by atoms with E-state index in [9.17, 15) is 0 Å². The van der Waals surface area contributed by atoms with Gasteiger partial charge < -0.3 is 5.73 Å². The topological polar surface area (TPSA) is 43.8 Å². The van der Waals surface area contributed by atoms with E-state index in [4.69, 9.17) is 5.73 Å². The summed E-state index contributed by atoms with van der Waals surface area (Å²) in [4.78, 5) is 0. The van der Waals surface area contributed by atoms with Crippen molar-refractivity contribution in [1.29, 1.82) is 0 Å². The van der Waals surface area contributed by atoms with Crippen molar-refractivity contribution >= 4 is 10.9 Å². The first-order chi connectivity index (χ1) is 7.52. The molecule has 1 aromatic carbocycles. The van der Waals surface area contributed by atoms with Crippen molar-refractivity contribution in [3.63, 3.8) is 0 Å². The van der Waals surface area contributed by atoms with E-state index in [-0.39, 0.29) is 6.04 Å². The summed E-state index contributed by atoms with van der Waals surface area (Å²) in [6.45, 7) is 6.38. The quantitative estimate of drug-likeness (QED) is 0.840. The second-order valence-corrected chi connectivity index (χ2v) is 4.70. The van der Waals surface area contributed by atoms with Crippen molar-refractivity contribution < 1.29 is 0 Å². The number of rotatable bonds is 2. The maximum absolute atomic E-state index is 5.97. The summed E-state index contributed by atoms with van der Waals surface area (Å²) < 4.78 is 1.97. The maximum Gasteiger partial charge on any atom is 0.0973 e. The molecule has 0 radical (unpaired) electrons. The smallest absolute Gasteiger partial charge is 0.0973 e. The van der Waals surface area contributed by atoms with Crippen LogP contribution in [0.25, 0.3) is 10.9 Å². The molecule has 86 valence electrons. The molecule has 0 spiro atoms. The van der Waals surface area contributed by atoms with Crippen LogP contribution in [-0.4, -0.2) is 9.78 Å². The lowest BCUT2D eigenvalue weighted by atomic mass is 10.0. The zero-order valence-electron chi connectivity index (χ0n) is 10.4. The molecule has 0 aliphatic carbocycles. The maximum atomic E-state index is 5.97. The lowest BCUT2D eigenvalue weighted by Gasteiger charge is -2.07. The van der Waals surface area contributed by atoms with Crippen molar-refractivity contribution in [3.05, 3.63) is 29.5 Å². The summed E-state index contributed by atoms with van der Waals surface area (Å²) in [7, 11) is 2.00. The molecule has 0 saturated carbocycles. The highest BCUT2D eigenvalue weighted by atomic mass is 15.3. The Bertz CT molecular complexity index is 509. The van der Waals surface area contributed by atoms with E-state index in [1.807, 2.05) is 18.7 Å². The number of aryl methyl sites for hydroxylation is 1. The molecule has 3 heteroatoms. The fourth-order valence-electron chi connectivity index (χ4n) is 2.31. The van der Waals surface area contributed by atoms with E-state index in [0.29, 0.717) is 5.92 Å². The van der Waals surface area contributed by atoms with Gasteiger partial charge in [-0.05, 0) is 18.4 Å². The lowest BCUT2D eigenvalue weighted by molar-refractivity contribution is 0.676. The van der Waals surface area contributed by atoms with Gasteiger partial charge in [-0.25, -0.2) is 0 Å². The Labute approximate surface area is 96.2 Å². The average molecular weight is 217 g/mol. The summed E-state index contributed by atoms with van der Waals surface area (Å²) in [5.41, 5.74) is 9.41. The first-order valence-electron chi connectivity index (χ1n) is 5.73. The second-order valence-electron chi connectivity index (χ2n) is 4.70. The van der Waals surface area contributed by atoms with Gasteiger partial charge >= 0.3 is 0 Å². The molecule has 0 amide bonds. The van der Waals surface area contributed by atoms with Crippen LogP contribution in [0.4, 0.5) is 0 Å². The number of hydrogen-bond donors (Lipinski definition) is 1. The van der Waals surface area contributed by atoms with Gasteiger partial charge in [0.05, 0.1) is 5.52 Å². The van der Waals surface area contributed by atoms with Gasteiger partial charge in [0.25, 0.3) is 0 Å². The minimum absolute atomic E-state index is 0.0265. The van der Waals surface area contributed by atoms with Crippen LogP contribution in [0.3, 0.4) is 0 Å². The summed E-state index contributed by atoms with van der Waals surface area (Å²) in [6, 6.07) is 6.28. The molecule has 0 aliphatic heterocycles. The number of nitrogens with zero attached hydrogens (tertiary/aromatic N) is 2. The Morgan fingerprint density at radius 1 is 1.25 bits per heavy atom. The zero-order chi connectivity index (χ0) is 11.9. The van der Waals surface area contributed by atoms with Crippen molar-refractivity contribution in [2.45, 2.75) is 32.7 Å². The monoisotopic (exact) mass is 217 g/mol. The van der Waals surface area contributed by atoms with Crippen molar-refractivity contribution in [1.82, 2.24) is 9.78 Å². The van der Waals surface area contributed by atoms with Gasteiger partial charge in [0.15, 0.2) is 0 Å². The third-order valence-electron chi connectivity index (χ3n) is 2.98. The van der Waals surface area contributed by atoms with E-state index >= 15 is 0 Å². The largest absolute Gasteiger partial charge is 0.324 e. The fourth-order valence-corrected chi connectivity index (χ4v) is 2.31. The van der Waals surface area contributed by atoms with Crippen LogP contribution in [0.5, 0.6) is 0 Å². The Morgan fingerprint density at radius 3 is 2.50 bits per heavy atom. The van der Waals surface area contributed by atoms with Crippen LogP contribution in [0.15, 0.2) is 18.2 Å². The molecule has 2 rings (SSSR count). The van der Waals surface area contributed by atoms with Crippen LogP contribution in [0, 0.1) is 0 Å². The molecule has 3 nitrogen and oxygen atoms in total. The van der Waals surface area contributed by atoms with Crippen LogP contribution in [-0.2, 0) is 7.05 Å². The van der Waals surface area contributed by atoms with Crippen molar-refractivity contribution in [2.75, 3.05) is 0 Å². The highest BCUT2D eigenvalue weighted by molar-refractivity contribution is 5.85. The van der Waals surface area contributed by atoms with Gasteiger partial charge in [-0.15, -0.1) is 0 Å². The average Bonchev–Trinajstić information content (AvgIpc) is 2.52. The highest BCUT2D eigenvalue weighted by Gasteiger charge is 2.15. The summed E-state index contributed by atoms with van der Waals surface area (Å²) in [6.07, 6.45) is 0. The predicted octanol–water partition coefficient (Wildman–Crippen LogP) is 2.72. The molecule has 0 fully saturated rings. The van der Waals surface area contributed by atoms with E-state index in [2.05, 4.69) is 37.1 Å². The van der Waals surface area contributed by atoms with Crippen LogP contribution in [0.1, 0.15) is 44.0 Å². The van der Waals surface area contributed by atoms with Crippen molar-refractivity contribution in [2.24, 2.45) is 12.8 Å². The molecular formula is C13H19N3. The minimum atomic E-state index is 0.0265. The number of fused-ring (bicyclic) bond motifs is 1. The van der Waals surface area contributed by atoms with E-state index in [1.54, 1.807) is 0 Å². The molecule has 16 heavy (non-hydrogen) atoms. The Kier molecular flexibility index (Phi) is 2.72. The summed E-state index contributed by atoms with van der Waals surface area (Å²) >= 11 is 0. The van der Waals surface area contributed by atoms with Crippen molar-refractivity contribution in [3.8, 4) is 0 Å². The molecular weight excluding hydrogens is 198 g/mol. The first-order valence-corrected chi connectivity index (χ1v) is 5.73. The van der Waals surface area contributed by atoms with E-state index < -0.39 is 0 Å². The Hall–Kier alpha value is -1.35. The number of aromatic nitrogens is 2. The molecule has 1 aromatic heterocycles. The van der Waals surface area contributed by atoms with Crippen LogP contribution < -0.4 is 5.73 Å². The number of benzene rings is 1. The molecule has 2 N–H and O–H groups in total. The third-order valence-corrected chi connectivity index (χ3v) is 2.98. The minimum Gasteiger partial charge on any atom is -0.324 e. The lowest BCUT2D eigenvalue weighted by Crippen LogP contribution is -2.05. The van der Waals surface area contributed by atoms with Gasteiger partial charge in [-0.2, -0.15) is 5.10 Å². The van der Waals surface area contributed by atoms with Gasteiger partial charge in [0.2, 0.25) is 0 Å². The standard InChI is InChI=1S/C13H19N3/c1-8(2)13-11-7-5-6-10(9(3)14)12(11)15-16(13)4/h5-9H,14H2,1-4H3. The molecule has 0 aliphatic rings. The van der Waals surface area contributed by atoms with Crippen LogP contribution >= 0.6 is 0 Å². The molecule has 1 unspecified atom stereocenters. The Morgan fingerprint density at radius 2 is 1.94 bits per heavy atom. The van der Waals surface area contributed by atoms with E-state index in [0.717, 1.165) is 11.1 Å². The third kappa shape index (κ3) is 1.61. The Balaban J connectivity index is 2.78. The molecule has 1 atom stereocenters. The normalized spacial score (nSPS) is 13.6. The molecule has 1 heterocycles. The zero-order valence-corrected chi connectivity index (χ0v) is 10.4. The first kappa shape index (κ1) is 11.1. The molecule has 2 aromatic rings. The predicted molar refractivity (Wildman–Crippen MR) is 67.4 cm³/mol. The number of nitrogens with two attached hydrogens (primary N) is 1.